The van der Waals surface area contributed by atoms with Crippen molar-refractivity contribution < 1.29 is 5.76 Å². The number of hydrogen-bond donors (Lipinski definition) is 4. The number of anilines is 2. The summed E-state index contributed by atoms with van der Waals surface area (Å²) in [6.07, 6.45) is 7.35. The van der Waals surface area contributed by atoms with Crippen molar-refractivity contribution in [3.8, 4) is 6.07 Å². The summed E-state index contributed by atoms with van der Waals surface area (Å²) in [6.45, 7) is 3.82. The van der Waals surface area contributed by atoms with Crippen LogP contribution in [0.5, 0.6) is 0 Å². The Morgan fingerprint density at radius 1 is 1.20 bits per heavy atom. The summed E-state index contributed by atoms with van der Waals surface area (Å²) in [5, 5.41) is 19.8. The van der Waals surface area contributed by atoms with E-state index in [-0.39, 0.29) is 6.04 Å². The van der Waals surface area contributed by atoms with E-state index in [0.717, 1.165) is 31.0 Å². The Morgan fingerprint density at radius 3 is 2.73 bits per heavy atom. The van der Waals surface area contributed by atoms with Gasteiger partial charge in [-0.15, -0.1) is 5.53 Å². The van der Waals surface area contributed by atoms with Crippen molar-refractivity contribution in [3.05, 3.63) is 106 Å². The number of nitrogens with one attached hydrogen (secondary N) is 4. The first-order valence-electron chi connectivity index (χ1n) is 14.1. The molecule has 208 valence electrons. The second-order valence-corrected chi connectivity index (χ2v) is 10.6. The van der Waals surface area contributed by atoms with E-state index in [9.17, 15) is 11.0 Å². The number of hydrazine groups is 2. The molecule has 1 fully saturated rings. The van der Waals surface area contributed by atoms with Crippen LogP contribution in [0.15, 0.2) is 72.8 Å². The monoisotopic (exact) mass is 569 g/mol. The highest BCUT2D eigenvalue weighted by Gasteiger charge is 2.33. The van der Waals surface area contributed by atoms with Crippen LogP contribution < -0.4 is 21.6 Å². The molecule has 0 bridgehead atoms. The minimum atomic E-state index is -1.67. The van der Waals surface area contributed by atoms with Gasteiger partial charge in [0, 0.05) is 40.8 Å². The average Bonchev–Trinajstić information content (AvgIpc) is 3.72. The number of aromatic nitrogens is 2. The van der Waals surface area contributed by atoms with Crippen LogP contribution in [0.25, 0.3) is 10.9 Å². The lowest BCUT2D eigenvalue weighted by atomic mass is 10.0. The van der Waals surface area contributed by atoms with Crippen LogP contribution in [-0.2, 0) is 0 Å². The summed E-state index contributed by atoms with van der Waals surface area (Å²) < 4.78 is 24.2. The van der Waals surface area contributed by atoms with E-state index >= 15 is 0 Å². The molecule has 2 aliphatic rings. The summed E-state index contributed by atoms with van der Waals surface area (Å²) >= 11 is 6.78. The van der Waals surface area contributed by atoms with Gasteiger partial charge in [-0.2, -0.15) is 5.26 Å². The quantitative estimate of drug-likeness (QED) is 0.178. The molecule has 2 atom stereocenters. The summed E-state index contributed by atoms with van der Waals surface area (Å²) in [5.74, 6) is -0.544. The molecule has 0 unspecified atom stereocenters. The Bertz CT molecular complexity index is 1720. The maximum absolute atomic E-state index is 14.5. The van der Waals surface area contributed by atoms with Gasteiger partial charge in [0.25, 0.3) is 0 Å². The molecule has 8 nitrogen and oxygen atoms in total. The number of nitriles is 1. The van der Waals surface area contributed by atoms with Crippen molar-refractivity contribution in [1.82, 2.24) is 25.9 Å². The molecular formula is C31H30ClFN8. The highest BCUT2D eigenvalue weighted by Crippen LogP contribution is 2.38. The third-order valence-corrected chi connectivity index (χ3v) is 7.65. The number of rotatable bonds is 9. The zero-order valence-electron chi connectivity index (χ0n) is 23.7. The normalized spacial score (nSPS) is 17.2. The largest absolute Gasteiger partial charge is 0.377 e. The maximum Gasteiger partial charge on any atom is 0.141 e. The smallest absolute Gasteiger partial charge is 0.141 e. The van der Waals surface area contributed by atoms with Gasteiger partial charge >= 0.3 is 0 Å². The summed E-state index contributed by atoms with van der Waals surface area (Å²) in [6, 6.07) is 15.7. The molecule has 0 radical (unpaired) electrons. The Kier molecular flexibility index (Phi) is 7.01. The third kappa shape index (κ3) is 5.49. The van der Waals surface area contributed by atoms with E-state index in [1.54, 1.807) is 13.0 Å². The van der Waals surface area contributed by atoms with Gasteiger partial charge < -0.3 is 16.1 Å². The summed E-state index contributed by atoms with van der Waals surface area (Å²) in [7, 11) is 0. The first kappa shape index (κ1) is 25.6. The van der Waals surface area contributed by atoms with Gasteiger partial charge in [-0.1, -0.05) is 48.9 Å². The van der Waals surface area contributed by atoms with Crippen molar-refractivity contribution in [2.24, 2.45) is 0 Å². The molecular weight excluding hydrogens is 539 g/mol. The molecule has 41 heavy (non-hydrogen) atoms. The summed E-state index contributed by atoms with van der Waals surface area (Å²) in [5.41, 5.74) is 10.6. The Balaban J connectivity index is 1.47. The second-order valence-electron chi connectivity index (χ2n) is 10.2. The maximum atomic E-state index is 14.5. The van der Waals surface area contributed by atoms with Crippen LogP contribution in [-0.4, -0.2) is 21.0 Å². The number of pyridine rings is 2. The zero-order valence-corrected chi connectivity index (χ0v) is 23.4. The molecule has 3 heterocycles. The minimum Gasteiger partial charge on any atom is -0.377 e. The topological polar surface area (TPSA) is 101 Å². The van der Waals surface area contributed by atoms with Crippen LogP contribution in [0.4, 0.5) is 15.8 Å². The first-order chi connectivity index (χ1) is 20.3. The highest BCUT2D eigenvalue weighted by molar-refractivity contribution is 6.35. The van der Waals surface area contributed by atoms with Gasteiger partial charge in [0.05, 0.1) is 47.1 Å². The number of fused-ring (bicyclic) bond motifs is 1. The standard InChI is InChI=1S/C31H30ClFN8/c1-3-27(19-7-5-4-6-8-19)38-29-20(14-34)15-36-30-25(29)12-22(13-26(30)32)37-31(24-11-21(33)16-35-18(24)2)28-17-41(40-39-28)23-9-10-23/h4-8,11-13,15-17,23,27,31,37,39-40H,3,9-10H2,1-2H3,(H,36,38)/t27-,31+/m1/s1/i31D. The molecule has 1 aliphatic carbocycles. The third-order valence-electron chi connectivity index (χ3n) is 7.36. The van der Waals surface area contributed by atoms with E-state index in [1.807, 2.05) is 47.6 Å². The average molecular weight is 570 g/mol. The van der Waals surface area contributed by atoms with Crippen molar-refractivity contribution >= 4 is 33.9 Å². The Hall–Kier alpha value is -4.39. The fraction of sp³-hybridized carbons (Fsp3) is 0.258. The number of nitrogens with zero attached hydrogens (tertiary/aromatic N) is 4. The van der Waals surface area contributed by atoms with Crippen LogP contribution in [0, 0.1) is 24.1 Å². The van der Waals surface area contributed by atoms with E-state index in [0.29, 0.717) is 55.9 Å². The molecule has 1 saturated carbocycles. The van der Waals surface area contributed by atoms with Crippen molar-refractivity contribution in [2.45, 2.75) is 51.2 Å². The van der Waals surface area contributed by atoms with Crippen LogP contribution in [0.3, 0.4) is 0 Å². The lowest BCUT2D eigenvalue weighted by Gasteiger charge is -2.24. The van der Waals surface area contributed by atoms with E-state index < -0.39 is 11.8 Å². The van der Waals surface area contributed by atoms with Crippen LogP contribution >= 0.6 is 11.6 Å². The number of hydrogen-bond acceptors (Lipinski definition) is 8. The number of benzene rings is 2. The fourth-order valence-corrected chi connectivity index (χ4v) is 5.31. The number of aryl methyl sites for hydroxylation is 1. The minimum absolute atomic E-state index is 0.0668. The molecule has 0 saturated heterocycles. The van der Waals surface area contributed by atoms with Gasteiger partial charge in [-0.05, 0) is 49.9 Å². The zero-order chi connectivity index (χ0) is 29.4. The van der Waals surface area contributed by atoms with E-state index in [4.69, 9.17) is 11.6 Å². The first-order valence-corrected chi connectivity index (χ1v) is 14.0. The molecule has 4 N–H and O–H groups in total. The van der Waals surface area contributed by atoms with E-state index in [2.05, 4.69) is 44.6 Å². The lowest BCUT2D eigenvalue weighted by molar-refractivity contribution is 0.260. The molecule has 0 spiro atoms. The molecule has 2 aromatic carbocycles. The van der Waals surface area contributed by atoms with Gasteiger partial charge in [-0.25, -0.2) is 4.39 Å². The second kappa shape index (κ2) is 11.2. The molecule has 1 aliphatic heterocycles. The Labute approximate surface area is 244 Å². The molecule has 2 aromatic heterocycles. The van der Waals surface area contributed by atoms with Crippen LogP contribution in [0.2, 0.25) is 5.02 Å². The van der Waals surface area contributed by atoms with Gasteiger partial charge in [0.15, 0.2) is 0 Å². The Morgan fingerprint density at radius 2 is 2.00 bits per heavy atom. The van der Waals surface area contributed by atoms with Gasteiger partial charge in [-0.3, -0.25) is 15.0 Å². The molecule has 4 aromatic rings. The predicted octanol–water partition coefficient (Wildman–Crippen LogP) is 6.65. The van der Waals surface area contributed by atoms with E-state index in [1.165, 1.54) is 12.3 Å². The SMILES string of the molecule is [2H][C@@](Nc1cc(Cl)c2ncc(C#N)c(N[C@H](CC)c3ccccc3)c2c1)(C1=CN(C2CC2)NN1)c1cc(F)cnc1C. The van der Waals surface area contributed by atoms with Crippen LogP contribution in [0.1, 0.15) is 62.0 Å². The number of halogens is 2. The fourth-order valence-electron chi connectivity index (χ4n) is 5.04. The lowest BCUT2D eigenvalue weighted by Crippen LogP contribution is -2.38. The van der Waals surface area contributed by atoms with Crippen molar-refractivity contribution in [1.29, 1.82) is 5.26 Å². The highest BCUT2D eigenvalue weighted by atomic mass is 35.5. The van der Waals surface area contributed by atoms with Gasteiger partial charge in [0.2, 0.25) is 0 Å². The molecule has 10 heteroatoms. The molecule has 0 amide bonds. The van der Waals surface area contributed by atoms with Crippen molar-refractivity contribution in [2.75, 3.05) is 10.6 Å². The molecule has 6 rings (SSSR count). The predicted molar refractivity (Wildman–Crippen MR) is 159 cm³/mol. The summed E-state index contributed by atoms with van der Waals surface area (Å²) in [4.78, 5) is 8.68. The van der Waals surface area contributed by atoms with Crippen molar-refractivity contribution in [3.63, 3.8) is 0 Å². The van der Waals surface area contributed by atoms with Gasteiger partial charge in [0.1, 0.15) is 11.9 Å².